The van der Waals surface area contributed by atoms with Crippen molar-refractivity contribution < 1.29 is 4.79 Å². The Labute approximate surface area is 130 Å². The Morgan fingerprint density at radius 3 is 2.76 bits per heavy atom. The Hall–Kier alpha value is -1.81. The molecule has 1 heterocycles. The predicted molar refractivity (Wildman–Crippen MR) is 85.3 cm³/mol. The fourth-order valence-electron chi connectivity index (χ4n) is 2.38. The van der Waals surface area contributed by atoms with E-state index in [0.717, 1.165) is 29.9 Å². The average molecular weight is 306 g/mol. The van der Waals surface area contributed by atoms with Gasteiger partial charge in [0.15, 0.2) is 0 Å². The molecule has 0 aliphatic heterocycles. The fraction of sp³-hybridized carbons (Fsp3) is 0.375. The van der Waals surface area contributed by atoms with E-state index in [1.165, 1.54) is 0 Å². The Balaban J connectivity index is 2.53. The number of amides is 1. The first-order valence-corrected chi connectivity index (χ1v) is 7.58. The lowest BCUT2D eigenvalue weighted by molar-refractivity contribution is 0.0954. The van der Waals surface area contributed by atoms with E-state index in [2.05, 4.69) is 17.3 Å². The van der Waals surface area contributed by atoms with Crippen molar-refractivity contribution in [3.05, 3.63) is 46.2 Å². The van der Waals surface area contributed by atoms with Gasteiger partial charge >= 0.3 is 0 Å². The maximum absolute atomic E-state index is 12.3. The van der Waals surface area contributed by atoms with Crippen LogP contribution in [0.1, 0.15) is 42.0 Å². The van der Waals surface area contributed by atoms with Crippen LogP contribution in [0.2, 0.25) is 5.02 Å². The Kier molecular flexibility index (Phi) is 5.02. The molecule has 0 saturated carbocycles. The van der Waals surface area contributed by atoms with E-state index in [4.69, 9.17) is 11.6 Å². The van der Waals surface area contributed by atoms with Crippen LogP contribution in [0.3, 0.4) is 0 Å². The van der Waals surface area contributed by atoms with Gasteiger partial charge in [-0.1, -0.05) is 31.0 Å². The van der Waals surface area contributed by atoms with Gasteiger partial charge in [-0.25, -0.2) is 4.68 Å². The molecule has 21 heavy (non-hydrogen) atoms. The Morgan fingerprint density at radius 1 is 1.38 bits per heavy atom. The van der Waals surface area contributed by atoms with Gasteiger partial charge < -0.3 is 5.32 Å². The van der Waals surface area contributed by atoms with Crippen molar-refractivity contribution >= 4 is 17.5 Å². The van der Waals surface area contributed by atoms with E-state index in [1.807, 2.05) is 38.1 Å². The number of nitrogens with zero attached hydrogens (tertiary/aromatic N) is 2. The van der Waals surface area contributed by atoms with Crippen LogP contribution < -0.4 is 5.32 Å². The summed E-state index contributed by atoms with van der Waals surface area (Å²) in [6.07, 6.45) is 1.72. The highest BCUT2D eigenvalue weighted by atomic mass is 35.5. The Morgan fingerprint density at radius 2 is 2.14 bits per heavy atom. The number of hydrogen-bond donors (Lipinski definition) is 1. The van der Waals surface area contributed by atoms with Crippen molar-refractivity contribution in [2.45, 2.75) is 33.6 Å². The van der Waals surface area contributed by atoms with Gasteiger partial charge in [0.25, 0.3) is 5.91 Å². The summed E-state index contributed by atoms with van der Waals surface area (Å²) >= 11 is 6.05. The highest BCUT2D eigenvalue weighted by Gasteiger charge is 2.20. The lowest BCUT2D eigenvalue weighted by Crippen LogP contribution is -2.24. The molecule has 1 aromatic heterocycles. The molecular weight excluding hydrogens is 286 g/mol. The van der Waals surface area contributed by atoms with Gasteiger partial charge in [0, 0.05) is 11.6 Å². The van der Waals surface area contributed by atoms with Gasteiger partial charge in [0.1, 0.15) is 0 Å². The second-order valence-corrected chi connectivity index (χ2v) is 5.34. The molecule has 0 aliphatic carbocycles. The molecule has 0 fully saturated rings. The first kappa shape index (κ1) is 15.6. The summed E-state index contributed by atoms with van der Waals surface area (Å²) in [5.41, 5.74) is 3.22. The van der Waals surface area contributed by atoms with Gasteiger partial charge in [0.05, 0.1) is 22.6 Å². The highest BCUT2D eigenvalue weighted by Crippen LogP contribution is 2.21. The summed E-state index contributed by atoms with van der Waals surface area (Å²) in [6, 6.07) is 7.48. The number of carbonyl (C=O) groups is 1. The molecule has 4 nitrogen and oxygen atoms in total. The maximum Gasteiger partial charge on any atom is 0.255 e. The monoisotopic (exact) mass is 305 g/mol. The molecule has 0 spiro atoms. The van der Waals surface area contributed by atoms with Crippen LogP contribution in [-0.4, -0.2) is 22.2 Å². The first-order valence-electron chi connectivity index (χ1n) is 7.21. The van der Waals surface area contributed by atoms with Crippen LogP contribution in [0, 0.1) is 6.92 Å². The van der Waals surface area contributed by atoms with E-state index >= 15 is 0 Å². The maximum atomic E-state index is 12.3. The van der Waals surface area contributed by atoms with Crippen molar-refractivity contribution in [3.63, 3.8) is 0 Å². The number of aryl methyl sites for hydroxylation is 1. The summed E-state index contributed by atoms with van der Waals surface area (Å²) in [6.45, 7) is 6.51. The number of aromatic nitrogens is 2. The van der Waals surface area contributed by atoms with E-state index in [0.29, 0.717) is 17.1 Å². The van der Waals surface area contributed by atoms with Gasteiger partial charge in [-0.2, -0.15) is 5.10 Å². The average Bonchev–Trinajstić information content (AvgIpc) is 2.76. The van der Waals surface area contributed by atoms with Crippen molar-refractivity contribution in [2.24, 2.45) is 0 Å². The van der Waals surface area contributed by atoms with Crippen molar-refractivity contribution in [2.75, 3.05) is 6.54 Å². The number of nitrogens with one attached hydrogen (secondary N) is 1. The third-order valence-corrected chi connectivity index (χ3v) is 3.53. The second kappa shape index (κ2) is 6.76. The molecule has 5 heteroatoms. The van der Waals surface area contributed by atoms with E-state index in [9.17, 15) is 4.79 Å². The SMILES string of the molecule is CCCc1nn(-c2cccc(Cl)c2)c(C)c1C(=O)NCC. The van der Waals surface area contributed by atoms with E-state index in [-0.39, 0.29) is 5.91 Å². The molecule has 0 atom stereocenters. The van der Waals surface area contributed by atoms with Gasteiger partial charge in [-0.15, -0.1) is 0 Å². The van der Waals surface area contributed by atoms with E-state index < -0.39 is 0 Å². The van der Waals surface area contributed by atoms with Crippen LogP contribution in [0.25, 0.3) is 5.69 Å². The zero-order valence-electron chi connectivity index (χ0n) is 12.6. The summed E-state index contributed by atoms with van der Waals surface area (Å²) in [4.78, 5) is 12.3. The van der Waals surface area contributed by atoms with Crippen LogP contribution in [0.4, 0.5) is 0 Å². The normalized spacial score (nSPS) is 10.7. The number of benzene rings is 1. The molecule has 1 amide bonds. The number of rotatable bonds is 5. The van der Waals surface area contributed by atoms with Crippen LogP contribution in [0.5, 0.6) is 0 Å². The largest absolute Gasteiger partial charge is 0.352 e. The van der Waals surface area contributed by atoms with Crippen molar-refractivity contribution in [1.82, 2.24) is 15.1 Å². The highest BCUT2D eigenvalue weighted by molar-refractivity contribution is 6.30. The second-order valence-electron chi connectivity index (χ2n) is 4.91. The minimum absolute atomic E-state index is 0.0632. The molecule has 0 unspecified atom stereocenters. The first-order chi connectivity index (χ1) is 10.1. The molecule has 112 valence electrons. The minimum atomic E-state index is -0.0632. The van der Waals surface area contributed by atoms with Gasteiger partial charge in [0.2, 0.25) is 0 Å². The molecular formula is C16H20ClN3O. The zero-order chi connectivity index (χ0) is 15.4. The van der Waals surface area contributed by atoms with Crippen LogP contribution >= 0.6 is 11.6 Å². The van der Waals surface area contributed by atoms with Crippen molar-refractivity contribution in [3.8, 4) is 5.69 Å². The molecule has 0 bridgehead atoms. The lowest BCUT2D eigenvalue weighted by atomic mass is 10.1. The number of halogens is 1. The molecule has 2 rings (SSSR count). The predicted octanol–water partition coefficient (Wildman–Crippen LogP) is 3.54. The van der Waals surface area contributed by atoms with Crippen molar-refractivity contribution in [1.29, 1.82) is 0 Å². The smallest absolute Gasteiger partial charge is 0.255 e. The topological polar surface area (TPSA) is 46.9 Å². The quantitative estimate of drug-likeness (QED) is 0.918. The van der Waals surface area contributed by atoms with Gasteiger partial charge in [-0.05, 0) is 38.5 Å². The summed E-state index contributed by atoms with van der Waals surface area (Å²) in [7, 11) is 0. The van der Waals surface area contributed by atoms with E-state index in [1.54, 1.807) is 4.68 Å². The molecule has 0 saturated heterocycles. The third-order valence-electron chi connectivity index (χ3n) is 3.29. The van der Waals surface area contributed by atoms with Crippen LogP contribution in [0.15, 0.2) is 24.3 Å². The molecule has 0 radical (unpaired) electrons. The summed E-state index contributed by atoms with van der Waals surface area (Å²) in [5, 5.41) is 8.12. The van der Waals surface area contributed by atoms with Crippen LogP contribution in [-0.2, 0) is 6.42 Å². The third kappa shape index (κ3) is 3.27. The Bertz CT molecular complexity index is 649. The summed E-state index contributed by atoms with van der Waals surface area (Å²) in [5.74, 6) is -0.0632. The molecule has 1 aromatic carbocycles. The molecule has 0 aliphatic rings. The molecule has 1 N–H and O–H groups in total. The lowest BCUT2D eigenvalue weighted by Gasteiger charge is -2.06. The number of carbonyl (C=O) groups excluding carboxylic acids is 1. The standard InChI is InChI=1S/C16H20ClN3O/c1-4-7-14-15(16(21)18-5-2)11(3)20(19-14)13-9-6-8-12(17)10-13/h6,8-10H,4-5,7H2,1-3H3,(H,18,21). The minimum Gasteiger partial charge on any atom is -0.352 e. The fourth-order valence-corrected chi connectivity index (χ4v) is 2.56. The molecule has 2 aromatic rings. The number of hydrogen-bond acceptors (Lipinski definition) is 2. The summed E-state index contributed by atoms with van der Waals surface area (Å²) < 4.78 is 1.79. The van der Waals surface area contributed by atoms with Gasteiger partial charge in [-0.3, -0.25) is 4.79 Å². The zero-order valence-corrected chi connectivity index (χ0v) is 13.4.